The van der Waals surface area contributed by atoms with Crippen LogP contribution < -0.4 is 0 Å². The minimum Gasteiger partial charge on any atom is -0.373 e. The maximum Gasteiger partial charge on any atom is 0.512 e. The summed E-state index contributed by atoms with van der Waals surface area (Å²) in [6.45, 7) is 15.4. The fourth-order valence-corrected chi connectivity index (χ4v) is 15.7. The van der Waals surface area contributed by atoms with Crippen LogP contribution in [-0.4, -0.2) is 68.0 Å². The van der Waals surface area contributed by atoms with Gasteiger partial charge in [-0.1, -0.05) is 21.6 Å². The molecule has 0 aliphatic rings. The van der Waals surface area contributed by atoms with Crippen molar-refractivity contribution in [2.45, 2.75) is 41.5 Å². The maximum atomic E-state index is 5.86. The van der Waals surface area contributed by atoms with Crippen molar-refractivity contribution < 1.29 is 26.6 Å². The highest BCUT2D eigenvalue weighted by atomic mass is 33.5. The molecule has 0 heterocycles. The fourth-order valence-electron chi connectivity index (χ4n) is 2.05. The molecule has 0 fully saturated rings. The normalized spacial score (nSPS) is 12.7. The molecular formula is C14H34O6S3Si2. The summed E-state index contributed by atoms with van der Waals surface area (Å²) in [5.74, 6) is 0. The molecule has 0 radical (unpaired) electrons. The lowest BCUT2D eigenvalue weighted by atomic mass is 10.9. The summed E-state index contributed by atoms with van der Waals surface area (Å²) in [5.41, 5.74) is 0. The Morgan fingerprint density at radius 3 is 0.920 bits per heavy atom. The molecular weight excluding hydrogens is 417 g/mol. The van der Waals surface area contributed by atoms with Crippen LogP contribution in [0.2, 0.25) is 0 Å². The topological polar surface area (TPSA) is 55.4 Å². The first-order chi connectivity index (χ1) is 12.1. The van der Waals surface area contributed by atoms with Crippen molar-refractivity contribution in [3.8, 4) is 0 Å². The second kappa shape index (κ2) is 16.2. The average Bonchev–Trinajstić information content (AvgIpc) is 2.56. The zero-order valence-corrected chi connectivity index (χ0v) is 20.8. The van der Waals surface area contributed by atoms with Crippen molar-refractivity contribution in [2.75, 3.05) is 50.4 Å². The van der Waals surface area contributed by atoms with E-state index in [-0.39, 0.29) is 0 Å². The second-order valence-corrected chi connectivity index (χ2v) is 15.0. The van der Waals surface area contributed by atoms with Crippen molar-refractivity contribution in [1.82, 2.24) is 0 Å². The van der Waals surface area contributed by atoms with Crippen LogP contribution in [-0.2, 0) is 26.6 Å². The number of hydrogen-bond acceptors (Lipinski definition) is 9. The van der Waals surface area contributed by atoms with Crippen molar-refractivity contribution in [3.05, 3.63) is 0 Å². The molecule has 0 aliphatic heterocycles. The van der Waals surface area contributed by atoms with E-state index in [1.165, 1.54) is 0 Å². The molecule has 152 valence electrons. The molecule has 0 unspecified atom stereocenters. The van der Waals surface area contributed by atoms with E-state index in [1.807, 2.05) is 41.5 Å². The first kappa shape index (κ1) is 26.2. The monoisotopic (exact) mass is 450 g/mol. The van der Waals surface area contributed by atoms with Crippen molar-refractivity contribution in [2.24, 2.45) is 0 Å². The van der Waals surface area contributed by atoms with E-state index in [0.29, 0.717) is 50.4 Å². The lowest BCUT2D eigenvalue weighted by Crippen LogP contribution is -2.49. The molecule has 0 N–H and O–H groups in total. The minimum atomic E-state index is -2.59. The molecule has 0 rings (SSSR count). The van der Waals surface area contributed by atoms with Gasteiger partial charge in [0.05, 0.1) is 10.8 Å². The predicted octanol–water partition coefficient (Wildman–Crippen LogP) is 4.19. The van der Waals surface area contributed by atoms with Crippen LogP contribution in [0, 0.1) is 0 Å². The fraction of sp³-hybridized carbons (Fsp3) is 1.00. The Labute approximate surface area is 167 Å². The van der Waals surface area contributed by atoms with Gasteiger partial charge < -0.3 is 26.6 Å². The molecule has 0 saturated heterocycles. The molecule has 0 saturated carbocycles. The second-order valence-electron chi connectivity index (χ2n) is 4.56. The Balaban J connectivity index is 4.49. The quantitative estimate of drug-likeness (QED) is 0.174. The molecule has 0 aliphatic carbocycles. The van der Waals surface area contributed by atoms with Gasteiger partial charge in [0.1, 0.15) is 0 Å². The Morgan fingerprint density at radius 1 is 0.480 bits per heavy atom. The molecule has 0 atom stereocenters. The van der Waals surface area contributed by atoms with Crippen LogP contribution in [0.25, 0.3) is 0 Å². The van der Waals surface area contributed by atoms with Crippen LogP contribution >= 0.6 is 31.4 Å². The van der Waals surface area contributed by atoms with Gasteiger partial charge in [-0.25, -0.2) is 0 Å². The van der Waals surface area contributed by atoms with E-state index in [2.05, 4.69) is 0 Å². The molecule has 0 aromatic heterocycles. The highest BCUT2D eigenvalue weighted by Gasteiger charge is 2.42. The Hall–Kier alpha value is 1.24. The standard InChI is InChI=1S/C14H34O6S3Si2/c1-7-15-24(16-8-2,17-9-3)13-21-23-22-14-25(18-10-4,19-11-5)20-12-6/h7-14H2,1-6H3. The third-order valence-electron chi connectivity index (χ3n) is 2.75. The molecule has 6 nitrogen and oxygen atoms in total. The largest absolute Gasteiger partial charge is 0.512 e. The summed E-state index contributed by atoms with van der Waals surface area (Å²) in [7, 11) is -0.102. The molecule has 0 spiro atoms. The molecule has 0 bridgehead atoms. The highest BCUT2D eigenvalue weighted by molar-refractivity contribution is 9.09. The van der Waals surface area contributed by atoms with Gasteiger partial charge in [-0.15, -0.1) is 0 Å². The minimum absolute atomic E-state index is 0.597. The number of hydrogen-bond donors (Lipinski definition) is 0. The zero-order valence-electron chi connectivity index (χ0n) is 16.3. The maximum absolute atomic E-state index is 5.86. The summed E-state index contributed by atoms with van der Waals surface area (Å²) < 4.78 is 35.2. The van der Waals surface area contributed by atoms with Gasteiger partial charge >= 0.3 is 17.6 Å². The van der Waals surface area contributed by atoms with Crippen LogP contribution in [0.3, 0.4) is 0 Å². The van der Waals surface area contributed by atoms with Gasteiger partial charge in [-0.3, -0.25) is 0 Å². The zero-order chi connectivity index (χ0) is 19.0. The first-order valence-electron chi connectivity index (χ1n) is 8.82. The van der Waals surface area contributed by atoms with Crippen LogP contribution in [0.1, 0.15) is 41.5 Å². The van der Waals surface area contributed by atoms with Gasteiger partial charge in [-0.2, -0.15) is 0 Å². The summed E-state index contributed by atoms with van der Waals surface area (Å²) in [4.78, 5) is 0. The van der Waals surface area contributed by atoms with E-state index in [1.54, 1.807) is 31.4 Å². The van der Waals surface area contributed by atoms with Crippen molar-refractivity contribution >= 4 is 49.0 Å². The first-order valence-corrected chi connectivity index (χ1v) is 16.5. The lowest BCUT2D eigenvalue weighted by Gasteiger charge is -2.28. The van der Waals surface area contributed by atoms with E-state index in [9.17, 15) is 0 Å². The van der Waals surface area contributed by atoms with E-state index in [0.717, 1.165) is 0 Å². The van der Waals surface area contributed by atoms with Crippen molar-refractivity contribution in [1.29, 1.82) is 0 Å². The van der Waals surface area contributed by atoms with Gasteiger partial charge in [-0.05, 0) is 51.4 Å². The van der Waals surface area contributed by atoms with E-state index >= 15 is 0 Å². The smallest absolute Gasteiger partial charge is 0.373 e. The third kappa shape index (κ3) is 11.0. The van der Waals surface area contributed by atoms with Gasteiger partial charge in [0, 0.05) is 39.6 Å². The summed E-state index contributed by atoms with van der Waals surface area (Å²) in [6, 6.07) is 0. The SMILES string of the molecule is CCO[Si](CSSSC[Si](OCC)(OCC)OCC)(OCC)OCC. The summed E-state index contributed by atoms with van der Waals surface area (Å²) in [6.07, 6.45) is 0. The Morgan fingerprint density at radius 2 is 0.720 bits per heavy atom. The summed E-state index contributed by atoms with van der Waals surface area (Å²) in [5, 5.41) is 1.43. The van der Waals surface area contributed by atoms with E-state index < -0.39 is 17.6 Å². The number of rotatable bonds is 18. The predicted molar refractivity (Wildman–Crippen MR) is 114 cm³/mol. The summed E-state index contributed by atoms with van der Waals surface area (Å²) >= 11 is 0. The molecule has 0 aromatic carbocycles. The molecule has 11 heteroatoms. The third-order valence-corrected chi connectivity index (χ3v) is 15.5. The van der Waals surface area contributed by atoms with Gasteiger partial charge in [0.25, 0.3) is 0 Å². The Bertz CT molecular complexity index is 256. The molecule has 25 heavy (non-hydrogen) atoms. The van der Waals surface area contributed by atoms with Crippen LogP contribution in [0.5, 0.6) is 0 Å². The van der Waals surface area contributed by atoms with Gasteiger partial charge in [0.2, 0.25) is 0 Å². The molecule has 0 aromatic rings. The van der Waals surface area contributed by atoms with Crippen LogP contribution in [0.15, 0.2) is 0 Å². The highest BCUT2D eigenvalue weighted by Crippen LogP contribution is 2.38. The van der Waals surface area contributed by atoms with Gasteiger partial charge in [0.15, 0.2) is 0 Å². The van der Waals surface area contributed by atoms with Crippen molar-refractivity contribution in [3.63, 3.8) is 0 Å². The molecule has 0 amide bonds. The van der Waals surface area contributed by atoms with Crippen LogP contribution in [0.4, 0.5) is 0 Å². The Kier molecular flexibility index (Phi) is 17.0. The van der Waals surface area contributed by atoms with E-state index in [4.69, 9.17) is 26.6 Å². The lowest BCUT2D eigenvalue weighted by molar-refractivity contribution is 0.0766. The average molecular weight is 451 g/mol.